The molecule has 7 heteroatoms. The summed E-state index contributed by atoms with van der Waals surface area (Å²) in [5, 5.41) is 32.4. The summed E-state index contributed by atoms with van der Waals surface area (Å²) in [5.41, 5.74) is 3.80. The van der Waals surface area contributed by atoms with E-state index in [2.05, 4.69) is 5.32 Å². The zero-order chi connectivity index (χ0) is 27.7. The number of aromatic hydroxyl groups is 1. The molecule has 0 amide bonds. The van der Waals surface area contributed by atoms with Gasteiger partial charge in [0.15, 0.2) is 0 Å². The van der Waals surface area contributed by atoms with E-state index < -0.39 is 6.10 Å². The Kier molecular flexibility index (Phi) is 13.5. The Labute approximate surface area is 231 Å². The van der Waals surface area contributed by atoms with Crippen molar-refractivity contribution in [3.63, 3.8) is 0 Å². The molecule has 0 heterocycles. The highest BCUT2D eigenvalue weighted by Gasteiger charge is 2.10. The Bertz CT molecular complexity index is 1100. The quantitative estimate of drug-likeness (QED) is 0.133. The van der Waals surface area contributed by atoms with Crippen molar-refractivity contribution in [3.8, 4) is 5.75 Å². The normalized spacial score (nSPS) is 11.8. The fraction of sp³-hybridized carbons (Fsp3) is 0.406. The van der Waals surface area contributed by atoms with Crippen molar-refractivity contribution >= 4 is 5.97 Å². The lowest BCUT2D eigenvalue weighted by atomic mass is 10.1. The Morgan fingerprint density at radius 2 is 1.59 bits per heavy atom. The molecule has 0 saturated carbocycles. The van der Waals surface area contributed by atoms with Crippen molar-refractivity contribution in [1.29, 1.82) is 0 Å². The van der Waals surface area contributed by atoms with Crippen LogP contribution in [-0.4, -0.2) is 47.6 Å². The SMILES string of the molecule is O=C(OCc1ccccc1)c1ccc(CCCOCCCCCCNCC(O)c2ccc(O)c(CO)c2)cc1. The fourth-order valence-electron chi connectivity index (χ4n) is 4.20. The monoisotopic (exact) mass is 535 g/mol. The van der Waals surface area contributed by atoms with Crippen LogP contribution in [-0.2, 0) is 29.1 Å². The fourth-order valence-corrected chi connectivity index (χ4v) is 4.20. The zero-order valence-corrected chi connectivity index (χ0v) is 22.6. The molecule has 39 heavy (non-hydrogen) atoms. The van der Waals surface area contributed by atoms with Gasteiger partial charge >= 0.3 is 5.97 Å². The van der Waals surface area contributed by atoms with Crippen LogP contribution in [0.2, 0.25) is 0 Å². The van der Waals surface area contributed by atoms with Gasteiger partial charge in [0.1, 0.15) is 12.4 Å². The first-order valence-corrected chi connectivity index (χ1v) is 13.8. The number of aryl methyl sites for hydroxylation is 1. The average Bonchev–Trinajstić information content (AvgIpc) is 2.97. The summed E-state index contributed by atoms with van der Waals surface area (Å²) in [4.78, 5) is 12.2. The van der Waals surface area contributed by atoms with Gasteiger partial charge in [0.25, 0.3) is 0 Å². The van der Waals surface area contributed by atoms with Gasteiger partial charge in [-0.1, -0.05) is 61.4 Å². The highest BCUT2D eigenvalue weighted by atomic mass is 16.5. The number of phenols is 1. The molecule has 1 unspecified atom stereocenters. The molecule has 4 N–H and O–H groups in total. The van der Waals surface area contributed by atoms with E-state index in [1.165, 1.54) is 11.6 Å². The molecule has 0 aromatic heterocycles. The van der Waals surface area contributed by atoms with Crippen molar-refractivity contribution in [1.82, 2.24) is 5.32 Å². The molecular formula is C32H41NO6. The van der Waals surface area contributed by atoms with Crippen LogP contribution in [0.3, 0.4) is 0 Å². The van der Waals surface area contributed by atoms with Gasteiger partial charge in [0.05, 0.1) is 18.3 Å². The predicted octanol–water partition coefficient (Wildman–Crippen LogP) is 5.07. The number of carbonyl (C=O) groups excluding carboxylic acids is 1. The summed E-state index contributed by atoms with van der Waals surface area (Å²) in [6.45, 7) is 2.75. The van der Waals surface area contributed by atoms with E-state index in [1.807, 2.05) is 54.6 Å². The van der Waals surface area contributed by atoms with E-state index in [4.69, 9.17) is 9.47 Å². The maximum atomic E-state index is 12.2. The summed E-state index contributed by atoms with van der Waals surface area (Å²) in [6, 6.07) is 22.0. The lowest BCUT2D eigenvalue weighted by Gasteiger charge is -2.14. The number of rotatable bonds is 18. The second-order valence-corrected chi connectivity index (χ2v) is 9.65. The number of hydrogen-bond acceptors (Lipinski definition) is 7. The van der Waals surface area contributed by atoms with Gasteiger partial charge in [-0.2, -0.15) is 0 Å². The number of ether oxygens (including phenoxy) is 2. The Morgan fingerprint density at radius 1 is 0.846 bits per heavy atom. The van der Waals surface area contributed by atoms with E-state index in [0.29, 0.717) is 23.2 Å². The molecule has 0 fully saturated rings. The molecule has 0 spiro atoms. The van der Waals surface area contributed by atoms with Crippen LogP contribution in [0.25, 0.3) is 0 Å². The highest BCUT2D eigenvalue weighted by molar-refractivity contribution is 5.89. The van der Waals surface area contributed by atoms with Gasteiger partial charge in [-0.25, -0.2) is 4.79 Å². The molecule has 0 saturated heterocycles. The first-order valence-electron chi connectivity index (χ1n) is 13.8. The third-order valence-electron chi connectivity index (χ3n) is 6.55. The van der Waals surface area contributed by atoms with E-state index in [9.17, 15) is 20.1 Å². The minimum atomic E-state index is -0.677. The van der Waals surface area contributed by atoms with Crippen LogP contribution in [0.15, 0.2) is 72.8 Å². The standard InChI is InChI=1S/C32H41NO6/c34-23-29-21-28(16-17-30(29)35)31(36)22-33-18-6-1-2-7-19-38-20-8-11-25-12-14-27(15-13-25)32(37)39-24-26-9-4-3-5-10-26/h3-5,9-10,12-17,21,31,33-36H,1-2,6-8,11,18-20,22-24H2. The Balaban J connectivity index is 1.15. The number of hydrogen-bond donors (Lipinski definition) is 4. The summed E-state index contributed by atoms with van der Waals surface area (Å²) >= 11 is 0. The molecule has 3 rings (SSSR count). The first kappa shape index (κ1) is 30.3. The molecule has 0 aliphatic rings. The van der Waals surface area contributed by atoms with Crippen LogP contribution < -0.4 is 5.32 Å². The van der Waals surface area contributed by atoms with Gasteiger partial charge in [-0.05, 0) is 73.2 Å². The predicted molar refractivity (Wildman–Crippen MR) is 151 cm³/mol. The molecule has 3 aromatic rings. The minimum absolute atomic E-state index is 0.0376. The molecule has 0 bridgehead atoms. The van der Waals surface area contributed by atoms with Gasteiger partial charge in [0.2, 0.25) is 0 Å². The van der Waals surface area contributed by atoms with Crippen molar-refractivity contribution in [3.05, 3.63) is 101 Å². The number of aliphatic hydroxyl groups is 2. The number of nitrogens with one attached hydrogen (secondary N) is 1. The second kappa shape index (κ2) is 17.4. The van der Waals surface area contributed by atoms with Gasteiger partial charge in [-0.3, -0.25) is 0 Å². The van der Waals surface area contributed by atoms with Crippen LogP contribution in [0.1, 0.15) is 70.8 Å². The van der Waals surface area contributed by atoms with Crippen molar-refractivity contribution in [2.45, 2.75) is 57.8 Å². The topological polar surface area (TPSA) is 108 Å². The molecular weight excluding hydrogens is 494 g/mol. The summed E-state index contributed by atoms with van der Waals surface area (Å²) in [5.74, 6) is -0.274. The number of esters is 1. The maximum absolute atomic E-state index is 12.2. The van der Waals surface area contributed by atoms with Crippen LogP contribution in [0, 0.1) is 0 Å². The molecule has 210 valence electrons. The van der Waals surface area contributed by atoms with Crippen LogP contribution in [0.4, 0.5) is 0 Å². The third-order valence-corrected chi connectivity index (χ3v) is 6.55. The molecule has 0 radical (unpaired) electrons. The summed E-state index contributed by atoms with van der Waals surface area (Å²) < 4.78 is 11.1. The number of unbranched alkanes of at least 4 members (excludes halogenated alkanes) is 3. The molecule has 0 aliphatic carbocycles. The smallest absolute Gasteiger partial charge is 0.338 e. The number of benzene rings is 3. The number of aliphatic hydroxyl groups excluding tert-OH is 2. The first-order chi connectivity index (χ1) is 19.1. The largest absolute Gasteiger partial charge is 0.508 e. The molecule has 7 nitrogen and oxygen atoms in total. The van der Waals surface area contributed by atoms with Crippen LogP contribution in [0.5, 0.6) is 5.75 Å². The summed E-state index contributed by atoms with van der Waals surface area (Å²) in [6.07, 6.45) is 5.42. The second-order valence-electron chi connectivity index (χ2n) is 9.65. The zero-order valence-electron chi connectivity index (χ0n) is 22.6. The van der Waals surface area contributed by atoms with Gasteiger partial charge < -0.3 is 30.1 Å². The van der Waals surface area contributed by atoms with Crippen molar-refractivity contribution in [2.24, 2.45) is 0 Å². The van der Waals surface area contributed by atoms with Crippen molar-refractivity contribution in [2.75, 3.05) is 26.3 Å². The van der Waals surface area contributed by atoms with Crippen molar-refractivity contribution < 1.29 is 29.6 Å². The summed E-state index contributed by atoms with van der Waals surface area (Å²) in [7, 11) is 0. The molecule has 3 aromatic carbocycles. The lowest BCUT2D eigenvalue weighted by Crippen LogP contribution is -2.22. The van der Waals surface area contributed by atoms with Crippen LogP contribution >= 0.6 is 0 Å². The Morgan fingerprint density at radius 3 is 2.36 bits per heavy atom. The molecule has 1 atom stereocenters. The number of carbonyl (C=O) groups is 1. The van der Waals surface area contributed by atoms with E-state index in [0.717, 1.165) is 63.8 Å². The average molecular weight is 536 g/mol. The molecule has 0 aliphatic heterocycles. The highest BCUT2D eigenvalue weighted by Crippen LogP contribution is 2.22. The van der Waals surface area contributed by atoms with E-state index >= 15 is 0 Å². The minimum Gasteiger partial charge on any atom is -0.508 e. The Hall–Kier alpha value is -3.23. The van der Waals surface area contributed by atoms with E-state index in [1.54, 1.807) is 12.1 Å². The van der Waals surface area contributed by atoms with Gasteiger partial charge in [-0.15, -0.1) is 0 Å². The third kappa shape index (κ3) is 11.2. The lowest BCUT2D eigenvalue weighted by molar-refractivity contribution is 0.0472. The van der Waals surface area contributed by atoms with Gasteiger partial charge in [0, 0.05) is 25.3 Å². The maximum Gasteiger partial charge on any atom is 0.338 e. The van der Waals surface area contributed by atoms with E-state index in [-0.39, 0.29) is 24.9 Å².